The van der Waals surface area contributed by atoms with Crippen LogP contribution in [0.4, 0.5) is 0 Å². The molecule has 3 aliphatic heterocycles. The van der Waals surface area contributed by atoms with Crippen LogP contribution in [0.3, 0.4) is 0 Å². The first kappa shape index (κ1) is 13.3. The van der Waals surface area contributed by atoms with Crippen LogP contribution in [0.25, 0.3) is 0 Å². The van der Waals surface area contributed by atoms with Crippen molar-refractivity contribution in [2.24, 2.45) is 0 Å². The average molecular weight is 290 g/mol. The van der Waals surface area contributed by atoms with Crippen molar-refractivity contribution in [3.05, 3.63) is 18.2 Å². The molecule has 0 unspecified atom stereocenters. The van der Waals surface area contributed by atoms with Crippen molar-refractivity contribution in [1.29, 1.82) is 0 Å². The summed E-state index contributed by atoms with van der Waals surface area (Å²) in [5, 5.41) is 0. The van der Waals surface area contributed by atoms with Crippen LogP contribution in [0.1, 0.15) is 32.0 Å². The molecule has 6 heteroatoms. The van der Waals surface area contributed by atoms with Gasteiger partial charge in [0.1, 0.15) is 5.82 Å². The second-order valence-corrected chi connectivity index (χ2v) is 6.16. The van der Waals surface area contributed by atoms with Gasteiger partial charge in [-0.2, -0.15) is 0 Å². The van der Waals surface area contributed by atoms with E-state index in [4.69, 9.17) is 4.74 Å². The molecule has 3 aliphatic rings. The van der Waals surface area contributed by atoms with E-state index >= 15 is 0 Å². The summed E-state index contributed by atoms with van der Waals surface area (Å²) in [6.07, 6.45) is 6.35. The van der Waals surface area contributed by atoms with Crippen molar-refractivity contribution < 1.29 is 9.53 Å². The van der Waals surface area contributed by atoms with E-state index < -0.39 is 0 Å². The monoisotopic (exact) mass is 290 g/mol. The third kappa shape index (κ3) is 1.85. The summed E-state index contributed by atoms with van der Waals surface area (Å²) in [6, 6.07) is 0.187. The number of aryl methyl sites for hydroxylation is 1. The summed E-state index contributed by atoms with van der Waals surface area (Å²) < 4.78 is 8.29. The highest BCUT2D eigenvalue weighted by atomic mass is 16.5. The molecule has 0 N–H and O–H groups in total. The Hall–Kier alpha value is -1.40. The Balaban J connectivity index is 1.58. The van der Waals surface area contributed by atoms with Crippen molar-refractivity contribution >= 4 is 5.91 Å². The van der Waals surface area contributed by atoms with Crippen LogP contribution >= 0.6 is 0 Å². The van der Waals surface area contributed by atoms with E-state index in [0.717, 1.165) is 51.5 Å². The third-order valence-electron chi connectivity index (χ3n) is 5.21. The zero-order chi connectivity index (χ0) is 14.4. The van der Waals surface area contributed by atoms with Gasteiger partial charge >= 0.3 is 0 Å². The Morgan fingerprint density at radius 3 is 3.24 bits per heavy atom. The van der Waals surface area contributed by atoms with Gasteiger partial charge in [-0.1, -0.05) is 0 Å². The molecule has 0 saturated carbocycles. The zero-order valence-corrected chi connectivity index (χ0v) is 12.5. The maximum atomic E-state index is 12.3. The largest absolute Gasteiger partial charge is 0.354 e. The van der Waals surface area contributed by atoms with Crippen molar-refractivity contribution in [3.8, 4) is 0 Å². The molecule has 0 aliphatic carbocycles. The maximum Gasteiger partial charge on any atom is 0.226 e. The van der Waals surface area contributed by atoms with Gasteiger partial charge in [0.05, 0.1) is 19.2 Å². The highest BCUT2D eigenvalue weighted by molar-refractivity contribution is 5.81. The van der Waals surface area contributed by atoms with Gasteiger partial charge in [-0.3, -0.25) is 9.69 Å². The number of amides is 1. The molecule has 0 bridgehead atoms. The van der Waals surface area contributed by atoms with Crippen molar-refractivity contribution in [2.75, 3.05) is 19.7 Å². The van der Waals surface area contributed by atoms with Gasteiger partial charge in [-0.25, -0.2) is 4.98 Å². The Kier molecular flexibility index (Phi) is 3.04. The van der Waals surface area contributed by atoms with Crippen LogP contribution in [-0.2, 0) is 22.6 Å². The molecule has 4 rings (SSSR count). The number of nitrogens with zero attached hydrogens (tertiary/aromatic N) is 4. The molecule has 0 aromatic carbocycles. The molecular formula is C15H22N4O2. The van der Waals surface area contributed by atoms with E-state index in [1.165, 1.54) is 0 Å². The standard InChI is InChI=1S/C15H22N4O2/c1-2-17-8-5-16-13(17)11-18-7-4-15-12(18)10-14(20)19(15)6-3-9-21-15/h5,8,12H,2-4,6-7,9-11H2,1H3/t12-,15+/m1/s1. The molecule has 21 heavy (non-hydrogen) atoms. The van der Waals surface area contributed by atoms with Gasteiger partial charge in [-0.05, 0) is 13.3 Å². The van der Waals surface area contributed by atoms with Crippen LogP contribution in [0.2, 0.25) is 0 Å². The Labute approximate surface area is 124 Å². The molecule has 3 fully saturated rings. The molecule has 114 valence electrons. The lowest BCUT2D eigenvalue weighted by Crippen LogP contribution is -2.56. The zero-order valence-electron chi connectivity index (χ0n) is 12.5. The van der Waals surface area contributed by atoms with Crippen LogP contribution in [0, 0.1) is 0 Å². The quantitative estimate of drug-likeness (QED) is 0.827. The third-order valence-corrected chi connectivity index (χ3v) is 5.21. The van der Waals surface area contributed by atoms with Gasteiger partial charge in [0, 0.05) is 44.9 Å². The van der Waals surface area contributed by atoms with Gasteiger partial charge in [0.2, 0.25) is 5.91 Å². The number of aromatic nitrogens is 2. The number of carbonyl (C=O) groups is 1. The summed E-state index contributed by atoms with van der Waals surface area (Å²) in [5.41, 5.74) is -0.348. The van der Waals surface area contributed by atoms with Gasteiger partial charge in [0.15, 0.2) is 5.72 Å². The number of rotatable bonds is 3. The fourth-order valence-corrected chi connectivity index (χ4v) is 4.18. The van der Waals surface area contributed by atoms with Gasteiger partial charge in [-0.15, -0.1) is 0 Å². The summed E-state index contributed by atoms with van der Waals surface area (Å²) in [5.74, 6) is 1.33. The molecule has 1 spiro atoms. The molecule has 3 saturated heterocycles. The predicted octanol–water partition coefficient (Wildman–Crippen LogP) is 0.826. The fourth-order valence-electron chi connectivity index (χ4n) is 4.18. The Morgan fingerprint density at radius 1 is 1.48 bits per heavy atom. The van der Waals surface area contributed by atoms with Crippen LogP contribution < -0.4 is 0 Å². The molecular weight excluding hydrogens is 268 g/mol. The number of ether oxygens (including phenoxy) is 1. The number of hydrogen-bond acceptors (Lipinski definition) is 4. The minimum absolute atomic E-state index is 0.187. The van der Waals surface area contributed by atoms with E-state index in [1.807, 2.05) is 17.3 Å². The number of hydrogen-bond donors (Lipinski definition) is 0. The molecule has 1 aromatic heterocycles. The highest BCUT2D eigenvalue weighted by Gasteiger charge is 2.60. The first-order valence-corrected chi connectivity index (χ1v) is 7.93. The second-order valence-electron chi connectivity index (χ2n) is 6.16. The van der Waals surface area contributed by atoms with E-state index in [1.54, 1.807) is 0 Å². The van der Waals surface area contributed by atoms with Crippen LogP contribution in [0.15, 0.2) is 12.4 Å². The molecule has 6 nitrogen and oxygen atoms in total. The number of imidazole rings is 1. The lowest BCUT2D eigenvalue weighted by atomic mass is 10.0. The van der Waals surface area contributed by atoms with Crippen LogP contribution in [-0.4, -0.2) is 56.7 Å². The normalized spacial score (nSPS) is 32.5. The van der Waals surface area contributed by atoms with E-state index in [0.29, 0.717) is 6.42 Å². The van der Waals surface area contributed by atoms with Gasteiger partial charge < -0.3 is 14.2 Å². The van der Waals surface area contributed by atoms with Crippen molar-refractivity contribution in [2.45, 2.75) is 51.0 Å². The Morgan fingerprint density at radius 2 is 2.38 bits per heavy atom. The van der Waals surface area contributed by atoms with Crippen molar-refractivity contribution in [1.82, 2.24) is 19.4 Å². The maximum absolute atomic E-state index is 12.3. The average Bonchev–Trinajstić information content (AvgIpc) is 3.14. The minimum atomic E-state index is -0.348. The summed E-state index contributed by atoms with van der Waals surface area (Å²) in [7, 11) is 0. The Bertz CT molecular complexity index is 558. The van der Waals surface area contributed by atoms with Crippen molar-refractivity contribution in [3.63, 3.8) is 0 Å². The smallest absolute Gasteiger partial charge is 0.226 e. The molecule has 1 amide bonds. The lowest BCUT2D eigenvalue weighted by molar-refractivity contribution is -0.180. The minimum Gasteiger partial charge on any atom is -0.354 e. The highest BCUT2D eigenvalue weighted by Crippen LogP contribution is 2.45. The predicted molar refractivity (Wildman–Crippen MR) is 76.3 cm³/mol. The summed E-state index contributed by atoms with van der Waals surface area (Å²) >= 11 is 0. The number of likely N-dealkylation sites (tertiary alicyclic amines) is 1. The molecule has 2 atom stereocenters. The molecule has 0 radical (unpaired) electrons. The molecule has 4 heterocycles. The SMILES string of the molecule is CCn1ccnc1CN1CC[C@@]23OCCCN2C(=O)C[C@@H]13. The number of carbonyl (C=O) groups excluding carboxylic acids is 1. The van der Waals surface area contributed by atoms with E-state index in [2.05, 4.69) is 21.4 Å². The van der Waals surface area contributed by atoms with E-state index in [9.17, 15) is 4.79 Å². The molecule has 1 aromatic rings. The van der Waals surface area contributed by atoms with Crippen LogP contribution in [0.5, 0.6) is 0 Å². The lowest BCUT2D eigenvalue weighted by Gasteiger charge is -2.42. The topological polar surface area (TPSA) is 50.6 Å². The first-order chi connectivity index (χ1) is 10.2. The first-order valence-electron chi connectivity index (χ1n) is 7.93. The van der Waals surface area contributed by atoms with Gasteiger partial charge in [0.25, 0.3) is 0 Å². The second kappa shape index (κ2) is 4.81. The summed E-state index contributed by atoms with van der Waals surface area (Å²) in [4.78, 5) is 21.1. The fraction of sp³-hybridized carbons (Fsp3) is 0.733. The van der Waals surface area contributed by atoms with E-state index in [-0.39, 0.29) is 17.7 Å². The summed E-state index contributed by atoms with van der Waals surface area (Å²) in [6.45, 7) is 6.47.